The third-order valence-corrected chi connectivity index (χ3v) is 7.24. The molecule has 36 heavy (non-hydrogen) atoms. The molecule has 5 rings (SSSR count). The van der Waals surface area contributed by atoms with E-state index in [0.29, 0.717) is 49.3 Å². The van der Waals surface area contributed by atoms with Gasteiger partial charge in [0, 0.05) is 42.1 Å². The van der Waals surface area contributed by atoms with Crippen molar-refractivity contribution in [2.45, 2.75) is 51.4 Å². The third kappa shape index (κ3) is 4.78. The summed E-state index contributed by atoms with van der Waals surface area (Å²) >= 11 is 0. The van der Waals surface area contributed by atoms with Crippen molar-refractivity contribution in [3.8, 4) is 23.3 Å². The quantitative estimate of drug-likeness (QED) is 0.423. The molecule has 0 saturated heterocycles. The Kier molecular flexibility index (Phi) is 6.64. The van der Waals surface area contributed by atoms with Crippen LogP contribution in [0.25, 0.3) is 11.5 Å². The fraction of sp³-hybridized carbons (Fsp3) is 0.429. The Morgan fingerprint density at radius 2 is 2.17 bits per heavy atom. The number of hydrogen-bond acceptors (Lipinski definition) is 8. The van der Waals surface area contributed by atoms with E-state index in [9.17, 15) is 10.1 Å². The number of nitrogens with zero attached hydrogens (tertiary/aromatic N) is 3. The SMILES string of the molecule is CCOC(=O)CCCc1ccc(C#N)cc1NC[C@@H]1C[C@]12CCOc1ccc(-c3nnc(C)o3)cc12. The third-order valence-electron chi connectivity index (χ3n) is 7.24. The van der Waals surface area contributed by atoms with Gasteiger partial charge < -0.3 is 19.2 Å². The maximum Gasteiger partial charge on any atom is 0.305 e. The Balaban J connectivity index is 1.30. The van der Waals surface area contributed by atoms with Gasteiger partial charge in [0.25, 0.3) is 0 Å². The molecule has 1 aliphatic heterocycles. The largest absolute Gasteiger partial charge is 0.493 e. The van der Waals surface area contributed by atoms with Crippen LogP contribution in [0.1, 0.15) is 55.2 Å². The van der Waals surface area contributed by atoms with Crippen LogP contribution < -0.4 is 10.1 Å². The van der Waals surface area contributed by atoms with Crippen molar-refractivity contribution < 1.29 is 18.7 Å². The molecule has 186 valence electrons. The van der Waals surface area contributed by atoms with Crippen molar-refractivity contribution in [3.05, 3.63) is 59.0 Å². The van der Waals surface area contributed by atoms with Crippen molar-refractivity contribution in [1.29, 1.82) is 5.26 Å². The summed E-state index contributed by atoms with van der Waals surface area (Å²) in [5.41, 5.74) is 4.85. The zero-order chi connectivity index (χ0) is 25.1. The second kappa shape index (κ2) is 10.0. The van der Waals surface area contributed by atoms with E-state index < -0.39 is 0 Å². The number of fused-ring (bicyclic) bond motifs is 2. The van der Waals surface area contributed by atoms with Crippen LogP contribution in [0.15, 0.2) is 40.8 Å². The first-order valence-corrected chi connectivity index (χ1v) is 12.5. The second-order valence-corrected chi connectivity index (χ2v) is 9.52. The van der Waals surface area contributed by atoms with Gasteiger partial charge in [0.2, 0.25) is 11.8 Å². The summed E-state index contributed by atoms with van der Waals surface area (Å²) in [6, 6.07) is 14.1. The van der Waals surface area contributed by atoms with Crippen molar-refractivity contribution in [3.63, 3.8) is 0 Å². The Bertz CT molecular complexity index is 1310. The van der Waals surface area contributed by atoms with E-state index >= 15 is 0 Å². The molecule has 0 unspecified atom stereocenters. The number of aryl methyl sites for hydroxylation is 2. The maximum absolute atomic E-state index is 11.7. The van der Waals surface area contributed by atoms with E-state index in [1.807, 2.05) is 37.3 Å². The summed E-state index contributed by atoms with van der Waals surface area (Å²) < 4.78 is 16.7. The zero-order valence-corrected chi connectivity index (χ0v) is 20.7. The van der Waals surface area contributed by atoms with Crippen LogP contribution in [0.2, 0.25) is 0 Å². The number of nitriles is 1. The van der Waals surface area contributed by atoms with E-state index in [1.165, 1.54) is 5.56 Å². The highest BCUT2D eigenvalue weighted by Gasteiger charge is 2.57. The fourth-order valence-electron chi connectivity index (χ4n) is 5.27. The number of hydrogen-bond donors (Lipinski definition) is 1. The van der Waals surface area contributed by atoms with E-state index in [1.54, 1.807) is 6.92 Å². The average Bonchev–Trinajstić information content (AvgIpc) is 3.39. The van der Waals surface area contributed by atoms with Gasteiger partial charge in [0.05, 0.1) is 24.8 Å². The highest BCUT2D eigenvalue weighted by molar-refractivity contribution is 5.69. The highest BCUT2D eigenvalue weighted by Crippen LogP contribution is 2.61. The lowest BCUT2D eigenvalue weighted by Gasteiger charge is -2.27. The van der Waals surface area contributed by atoms with E-state index in [0.717, 1.165) is 48.4 Å². The summed E-state index contributed by atoms with van der Waals surface area (Å²) in [5.74, 6) is 2.26. The van der Waals surface area contributed by atoms with Gasteiger partial charge in [-0.15, -0.1) is 10.2 Å². The monoisotopic (exact) mass is 486 g/mol. The molecule has 2 atom stereocenters. The lowest BCUT2D eigenvalue weighted by Crippen LogP contribution is -2.24. The molecule has 2 aliphatic rings. The highest BCUT2D eigenvalue weighted by atomic mass is 16.5. The second-order valence-electron chi connectivity index (χ2n) is 9.52. The standard InChI is InChI=1S/C28H30N4O4/c1-3-34-26(33)6-4-5-20-8-7-19(16-29)13-24(20)30-17-22-15-28(22)11-12-35-25-10-9-21(14-23(25)28)27-32-31-18(2)36-27/h7-10,13-14,22,30H,3-6,11-12,15,17H2,1-2H3/t22-,28+/m0/s1. The maximum atomic E-state index is 11.7. The predicted octanol–water partition coefficient (Wildman–Crippen LogP) is 4.95. The van der Waals surface area contributed by atoms with Crippen molar-refractivity contribution in [2.24, 2.45) is 5.92 Å². The number of esters is 1. The van der Waals surface area contributed by atoms with Crippen LogP contribution in [0.5, 0.6) is 5.75 Å². The molecule has 3 aromatic rings. The molecule has 1 N–H and O–H groups in total. The summed E-state index contributed by atoms with van der Waals surface area (Å²) in [4.78, 5) is 11.7. The summed E-state index contributed by atoms with van der Waals surface area (Å²) in [7, 11) is 0. The normalized spacial score (nSPS) is 19.8. The molecule has 2 heterocycles. The first-order valence-electron chi connectivity index (χ1n) is 12.5. The van der Waals surface area contributed by atoms with Gasteiger partial charge in [0.1, 0.15) is 5.75 Å². The predicted molar refractivity (Wildman–Crippen MR) is 134 cm³/mol. The molecule has 0 amide bonds. The van der Waals surface area contributed by atoms with Gasteiger partial charge in [-0.3, -0.25) is 4.79 Å². The van der Waals surface area contributed by atoms with Gasteiger partial charge in [-0.25, -0.2) is 0 Å². The molecule has 1 aliphatic carbocycles. The molecule has 0 bridgehead atoms. The minimum atomic E-state index is -0.172. The number of benzene rings is 2. The summed E-state index contributed by atoms with van der Waals surface area (Å²) in [5, 5.41) is 21.2. The van der Waals surface area contributed by atoms with Gasteiger partial charge in [-0.05, 0) is 74.4 Å². The van der Waals surface area contributed by atoms with Crippen molar-refractivity contribution in [1.82, 2.24) is 10.2 Å². The number of carbonyl (C=O) groups excluding carboxylic acids is 1. The lowest BCUT2D eigenvalue weighted by molar-refractivity contribution is -0.143. The smallest absolute Gasteiger partial charge is 0.305 e. The zero-order valence-electron chi connectivity index (χ0n) is 20.7. The Hall–Kier alpha value is -3.86. The molecule has 8 heteroatoms. The van der Waals surface area contributed by atoms with E-state index in [4.69, 9.17) is 13.9 Å². The van der Waals surface area contributed by atoms with Crippen LogP contribution in [-0.2, 0) is 21.4 Å². The molecule has 1 spiro atoms. The van der Waals surface area contributed by atoms with Crippen LogP contribution in [0.4, 0.5) is 5.69 Å². The Morgan fingerprint density at radius 3 is 2.94 bits per heavy atom. The number of aromatic nitrogens is 2. The summed E-state index contributed by atoms with van der Waals surface area (Å²) in [6.07, 6.45) is 3.86. The topological polar surface area (TPSA) is 110 Å². The van der Waals surface area contributed by atoms with E-state index in [2.05, 4.69) is 27.6 Å². The minimum absolute atomic E-state index is 0.0581. The molecule has 0 radical (unpaired) electrons. The molecule has 2 aromatic carbocycles. The number of rotatable bonds is 9. The van der Waals surface area contributed by atoms with Gasteiger partial charge in [-0.2, -0.15) is 5.26 Å². The van der Waals surface area contributed by atoms with E-state index in [-0.39, 0.29) is 11.4 Å². The first kappa shape index (κ1) is 23.9. The first-order chi connectivity index (χ1) is 17.5. The Morgan fingerprint density at radius 1 is 1.28 bits per heavy atom. The van der Waals surface area contributed by atoms with Crippen LogP contribution in [-0.4, -0.2) is 35.9 Å². The minimum Gasteiger partial charge on any atom is -0.493 e. The average molecular weight is 487 g/mol. The molecule has 1 saturated carbocycles. The molecular weight excluding hydrogens is 456 g/mol. The molecule has 8 nitrogen and oxygen atoms in total. The van der Waals surface area contributed by atoms with Gasteiger partial charge in [-0.1, -0.05) is 6.07 Å². The van der Waals surface area contributed by atoms with Crippen molar-refractivity contribution >= 4 is 11.7 Å². The summed E-state index contributed by atoms with van der Waals surface area (Å²) in [6.45, 7) is 5.49. The van der Waals surface area contributed by atoms with Crippen LogP contribution in [0.3, 0.4) is 0 Å². The van der Waals surface area contributed by atoms with Gasteiger partial charge in [0.15, 0.2) is 0 Å². The molecular formula is C28H30N4O4. The lowest BCUT2D eigenvalue weighted by atomic mass is 9.86. The number of ether oxygens (including phenoxy) is 2. The van der Waals surface area contributed by atoms with Crippen LogP contribution >= 0.6 is 0 Å². The fourth-order valence-corrected chi connectivity index (χ4v) is 5.27. The molecule has 1 aromatic heterocycles. The van der Waals surface area contributed by atoms with Crippen LogP contribution in [0, 0.1) is 24.2 Å². The number of nitrogens with one attached hydrogen (secondary N) is 1. The number of anilines is 1. The van der Waals surface area contributed by atoms with Gasteiger partial charge >= 0.3 is 5.97 Å². The number of carbonyl (C=O) groups is 1. The molecule has 1 fully saturated rings. The Labute approximate surface area is 210 Å². The van der Waals surface area contributed by atoms with Crippen molar-refractivity contribution in [2.75, 3.05) is 25.1 Å².